The number of piperidine rings is 1. The predicted molar refractivity (Wildman–Crippen MR) is 85.6 cm³/mol. The van der Waals surface area contributed by atoms with Crippen LogP contribution >= 0.6 is 11.3 Å². The van der Waals surface area contributed by atoms with E-state index in [2.05, 4.69) is 15.4 Å². The minimum absolute atomic E-state index is 0.130. The van der Waals surface area contributed by atoms with E-state index in [-0.39, 0.29) is 5.91 Å². The van der Waals surface area contributed by atoms with Gasteiger partial charge in [0.15, 0.2) is 0 Å². The van der Waals surface area contributed by atoms with Gasteiger partial charge in [-0.05, 0) is 38.9 Å². The summed E-state index contributed by atoms with van der Waals surface area (Å²) in [6.45, 7) is 4.25. The first-order valence-electron chi connectivity index (χ1n) is 7.49. The number of thiazole rings is 1. The largest absolute Gasteiger partial charge is 0.338 e. The van der Waals surface area contributed by atoms with Crippen LogP contribution in [0.15, 0.2) is 24.0 Å². The summed E-state index contributed by atoms with van der Waals surface area (Å²) in [5.74, 6) is 0.130. The summed E-state index contributed by atoms with van der Waals surface area (Å²) in [7, 11) is 1.87. The smallest absolute Gasteiger partial charge is 0.250 e. The average Bonchev–Trinajstić information content (AvgIpc) is 3.20. The van der Waals surface area contributed by atoms with E-state index in [4.69, 9.17) is 0 Å². The van der Waals surface area contributed by atoms with Crippen LogP contribution in [0.4, 0.5) is 0 Å². The van der Waals surface area contributed by atoms with E-state index in [9.17, 15) is 4.79 Å². The first kappa shape index (κ1) is 15.2. The normalized spacial score (nSPS) is 17.4. The molecule has 0 unspecified atom stereocenters. The molecule has 2 aromatic heterocycles. The number of carbonyl (C=O) groups excluding carboxylic acids is 1. The summed E-state index contributed by atoms with van der Waals surface area (Å²) < 4.78 is 1.84. The van der Waals surface area contributed by atoms with Gasteiger partial charge in [-0.15, -0.1) is 11.3 Å². The Labute approximate surface area is 134 Å². The van der Waals surface area contributed by atoms with Crippen molar-refractivity contribution in [2.75, 3.05) is 20.1 Å². The summed E-state index contributed by atoms with van der Waals surface area (Å²) >= 11 is 1.60. The SMILES string of the molecule is Cc1ncsc1CN(C)C(=O)C1(n2cccn2)CCNCC1. The monoisotopic (exact) mass is 319 g/mol. The van der Waals surface area contributed by atoms with Crippen molar-refractivity contribution in [2.45, 2.75) is 31.8 Å². The molecule has 0 bridgehead atoms. The summed E-state index contributed by atoms with van der Waals surface area (Å²) in [6.07, 6.45) is 5.17. The van der Waals surface area contributed by atoms with Crippen LogP contribution in [0.1, 0.15) is 23.4 Å². The maximum Gasteiger partial charge on any atom is 0.250 e. The van der Waals surface area contributed by atoms with Gasteiger partial charge in [-0.25, -0.2) is 4.98 Å². The second-order valence-electron chi connectivity index (χ2n) is 5.75. The second kappa shape index (κ2) is 6.18. The molecule has 118 valence electrons. The lowest BCUT2D eigenvalue weighted by molar-refractivity contribution is -0.142. The van der Waals surface area contributed by atoms with Gasteiger partial charge >= 0.3 is 0 Å². The molecule has 3 rings (SSSR count). The number of rotatable bonds is 4. The van der Waals surface area contributed by atoms with Gasteiger partial charge in [-0.1, -0.05) is 0 Å². The lowest BCUT2D eigenvalue weighted by Crippen LogP contribution is -2.54. The van der Waals surface area contributed by atoms with Gasteiger partial charge in [-0.2, -0.15) is 5.10 Å². The van der Waals surface area contributed by atoms with E-state index >= 15 is 0 Å². The van der Waals surface area contributed by atoms with E-state index in [1.165, 1.54) is 0 Å². The maximum atomic E-state index is 13.2. The number of carbonyl (C=O) groups is 1. The zero-order chi connectivity index (χ0) is 15.6. The minimum atomic E-state index is -0.567. The molecule has 0 radical (unpaired) electrons. The van der Waals surface area contributed by atoms with Crippen molar-refractivity contribution in [3.05, 3.63) is 34.5 Å². The molecule has 1 N–H and O–H groups in total. The summed E-state index contributed by atoms with van der Waals surface area (Å²) in [6, 6.07) is 1.88. The molecule has 2 aromatic rings. The van der Waals surface area contributed by atoms with Crippen LogP contribution in [-0.2, 0) is 16.9 Å². The van der Waals surface area contributed by atoms with E-state index in [0.29, 0.717) is 6.54 Å². The summed E-state index contributed by atoms with van der Waals surface area (Å²) in [5, 5.41) is 7.69. The molecule has 7 heteroatoms. The van der Waals surface area contributed by atoms with Crippen molar-refractivity contribution < 1.29 is 4.79 Å². The van der Waals surface area contributed by atoms with Crippen LogP contribution in [-0.4, -0.2) is 45.7 Å². The van der Waals surface area contributed by atoms with Crippen LogP contribution in [0.2, 0.25) is 0 Å². The van der Waals surface area contributed by atoms with Crippen molar-refractivity contribution in [2.24, 2.45) is 0 Å². The number of likely N-dealkylation sites (N-methyl/N-ethyl adjacent to an activating group) is 1. The summed E-state index contributed by atoms with van der Waals surface area (Å²) in [5.41, 5.74) is 2.27. The molecule has 22 heavy (non-hydrogen) atoms. The van der Waals surface area contributed by atoms with E-state index in [1.807, 2.05) is 41.3 Å². The van der Waals surface area contributed by atoms with Crippen molar-refractivity contribution in [1.82, 2.24) is 25.0 Å². The van der Waals surface area contributed by atoms with E-state index in [0.717, 1.165) is 36.5 Å². The molecule has 1 aliphatic rings. The Bertz CT molecular complexity index is 630. The number of amides is 1. The number of nitrogens with zero attached hydrogens (tertiary/aromatic N) is 4. The third-order valence-electron chi connectivity index (χ3n) is 4.34. The second-order valence-corrected chi connectivity index (χ2v) is 6.69. The summed E-state index contributed by atoms with van der Waals surface area (Å²) in [4.78, 5) is 20.4. The third kappa shape index (κ3) is 2.66. The fraction of sp³-hybridized carbons (Fsp3) is 0.533. The lowest BCUT2D eigenvalue weighted by atomic mass is 9.87. The van der Waals surface area contributed by atoms with Crippen molar-refractivity contribution in [3.8, 4) is 0 Å². The quantitative estimate of drug-likeness (QED) is 0.925. The first-order valence-corrected chi connectivity index (χ1v) is 8.37. The molecule has 1 amide bonds. The zero-order valence-corrected chi connectivity index (χ0v) is 13.8. The first-order chi connectivity index (χ1) is 10.6. The van der Waals surface area contributed by atoms with E-state index < -0.39 is 5.54 Å². The fourth-order valence-corrected chi connectivity index (χ4v) is 3.85. The molecule has 1 aliphatic heterocycles. The molecule has 0 aromatic carbocycles. The van der Waals surface area contributed by atoms with Gasteiger partial charge in [-0.3, -0.25) is 9.48 Å². The highest BCUT2D eigenvalue weighted by atomic mass is 32.1. The number of aryl methyl sites for hydroxylation is 1. The van der Waals surface area contributed by atoms with Gasteiger partial charge in [0.25, 0.3) is 5.91 Å². The third-order valence-corrected chi connectivity index (χ3v) is 5.26. The number of hydrogen-bond donors (Lipinski definition) is 1. The highest BCUT2D eigenvalue weighted by molar-refractivity contribution is 7.09. The van der Waals surface area contributed by atoms with E-state index in [1.54, 1.807) is 17.5 Å². The Morgan fingerprint density at radius 3 is 2.86 bits per heavy atom. The molecular formula is C15H21N5OS. The number of hydrogen-bond acceptors (Lipinski definition) is 5. The Morgan fingerprint density at radius 2 is 2.27 bits per heavy atom. The number of nitrogens with one attached hydrogen (secondary N) is 1. The van der Waals surface area contributed by atoms with Gasteiger partial charge in [0, 0.05) is 24.3 Å². The molecular weight excluding hydrogens is 298 g/mol. The molecule has 1 fully saturated rings. The van der Waals surface area contributed by atoms with Gasteiger partial charge in [0.1, 0.15) is 5.54 Å². The molecule has 1 saturated heterocycles. The van der Waals surface area contributed by atoms with Gasteiger partial charge in [0.2, 0.25) is 0 Å². The van der Waals surface area contributed by atoms with Crippen molar-refractivity contribution >= 4 is 17.2 Å². The Balaban J connectivity index is 1.84. The highest BCUT2D eigenvalue weighted by Gasteiger charge is 2.43. The van der Waals surface area contributed by atoms with Crippen LogP contribution in [0, 0.1) is 6.92 Å². The van der Waals surface area contributed by atoms with Crippen molar-refractivity contribution in [3.63, 3.8) is 0 Å². The molecule has 0 atom stereocenters. The predicted octanol–water partition coefficient (Wildman–Crippen LogP) is 1.39. The Hall–Kier alpha value is -1.73. The molecule has 6 nitrogen and oxygen atoms in total. The van der Waals surface area contributed by atoms with Gasteiger partial charge < -0.3 is 10.2 Å². The van der Waals surface area contributed by atoms with Crippen molar-refractivity contribution in [1.29, 1.82) is 0 Å². The fourth-order valence-electron chi connectivity index (χ4n) is 3.02. The zero-order valence-electron chi connectivity index (χ0n) is 13.0. The Morgan fingerprint density at radius 1 is 1.50 bits per heavy atom. The lowest BCUT2D eigenvalue weighted by Gasteiger charge is -2.39. The van der Waals surface area contributed by atoms with Gasteiger partial charge in [0.05, 0.1) is 17.7 Å². The molecule has 0 saturated carbocycles. The van der Waals surface area contributed by atoms with Crippen LogP contribution in [0.25, 0.3) is 0 Å². The molecule has 0 spiro atoms. The van der Waals surface area contributed by atoms with Crippen LogP contribution < -0.4 is 5.32 Å². The van der Waals surface area contributed by atoms with Crippen LogP contribution in [0.5, 0.6) is 0 Å². The minimum Gasteiger partial charge on any atom is -0.338 e. The molecule has 0 aliphatic carbocycles. The Kier molecular flexibility index (Phi) is 4.26. The molecule has 3 heterocycles. The van der Waals surface area contributed by atoms with Crippen LogP contribution in [0.3, 0.4) is 0 Å². The average molecular weight is 319 g/mol. The number of aromatic nitrogens is 3. The standard InChI is InChI=1S/C15H21N5OS/c1-12-13(22-11-17-12)10-19(2)14(21)15(4-7-16-8-5-15)20-9-3-6-18-20/h3,6,9,11,16H,4-5,7-8,10H2,1-2H3. The topological polar surface area (TPSA) is 63.1 Å². The highest BCUT2D eigenvalue weighted by Crippen LogP contribution is 2.30. The maximum absolute atomic E-state index is 13.2.